The average Bonchev–Trinajstić information content (AvgIpc) is 0.787. The van der Waals surface area contributed by atoms with Gasteiger partial charge in [0.05, 0.1) is 8.07 Å². The molecule has 1 aliphatic carbocycles. The summed E-state index contributed by atoms with van der Waals surface area (Å²) in [7, 11) is -40.4. The van der Waals surface area contributed by atoms with Gasteiger partial charge in [0, 0.05) is 30.8 Å². The first-order chi connectivity index (χ1) is 58.0. The summed E-state index contributed by atoms with van der Waals surface area (Å²) in [5.41, 5.74) is 1.08. The molecule has 40 heteroatoms. The lowest BCUT2D eigenvalue weighted by molar-refractivity contribution is 0.229. The van der Waals surface area contributed by atoms with E-state index in [1.165, 1.54) is 36.5 Å². The smallest absolute Gasteiger partial charge is 0.452 e. The van der Waals surface area contributed by atoms with Crippen molar-refractivity contribution >= 4 is 214 Å². The summed E-state index contributed by atoms with van der Waals surface area (Å²) in [5, 5.41) is 3.01. The molecule has 0 saturated heterocycles. The molecule has 0 heterocycles. The van der Waals surface area contributed by atoms with E-state index in [-0.39, 0.29) is 14.9 Å². The van der Waals surface area contributed by atoms with Gasteiger partial charge < -0.3 is 61.7 Å². The predicted octanol–water partition coefficient (Wildman–Crippen LogP) is 39.4. The van der Waals surface area contributed by atoms with Crippen LogP contribution in [0, 0.1) is 17.8 Å². The Kier molecular flexibility index (Phi) is 71.6. The lowest BCUT2D eigenvalue weighted by Gasteiger charge is -2.47. The van der Waals surface area contributed by atoms with E-state index in [0.717, 1.165) is 29.3 Å². The molecule has 0 aromatic heterocycles. The Bertz CT molecular complexity index is 3180. The van der Waals surface area contributed by atoms with Crippen LogP contribution < -0.4 is 5.19 Å². The second kappa shape index (κ2) is 60.9. The number of hydrogen-bond acceptors (Lipinski definition) is 15. The molecule has 3 atom stereocenters. The molecular weight excluding hydrogens is 2120 g/mol. The van der Waals surface area contributed by atoms with Crippen LogP contribution in [-0.2, 0) is 61.7 Å². The fourth-order valence-electron chi connectivity index (χ4n) is 15.8. The first-order valence-corrected chi connectivity index (χ1v) is 131. The maximum absolute atomic E-state index is 6.39. The highest BCUT2D eigenvalue weighted by atomic mass is 28.5. The van der Waals surface area contributed by atoms with Gasteiger partial charge in [0.2, 0.25) is 8.32 Å². The summed E-state index contributed by atoms with van der Waals surface area (Å²) in [6.07, 6.45) is 4.48. The summed E-state index contributed by atoms with van der Waals surface area (Å²) in [5.74, 6) is 2.92. The molecule has 0 amide bonds. The Morgan fingerprint density at radius 1 is 0.268 bits per heavy atom. The van der Waals surface area contributed by atoms with Gasteiger partial charge in [0.15, 0.2) is 99.8 Å². The predicted molar refractivity (Wildman–Crippen MR) is 699 cm³/mol. The number of hydrogen-bond donors (Lipinski definition) is 0. The second-order valence-electron chi connectivity index (χ2n) is 60.8. The number of benzene rings is 1. The third kappa shape index (κ3) is 97.0. The van der Waals surface area contributed by atoms with Gasteiger partial charge >= 0.3 is 68.7 Å². The van der Waals surface area contributed by atoms with Crippen LogP contribution in [0.25, 0.3) is 0 Å². The molecule has 2 rings (SSSR count). The zero-order valence-corrected chi connectivity index (χ0v) is 132. The largest absolute Gasteiger partial charge is 0.466 e. The van der Waals surface area contributed by atoms with Crippen LogP contribution in [0.3, 0.4) is 0 Å². The Labute approximate surface area is 898 Å². The molecular formula is C98H260O15Si25. The minimum Gasteiger partial charge on any atom is -0.452 e. The van der Waals surface area contributed by atoms with Crippen LogP contribution >= 0.6 is 0 Å². The third-order valence-electron chi connectivity index (χ3n) is 22.0. The molecule has 1 fully saturated rings. The molecule has 1 aliphatic rings. The Morgan fingerprint density at radius 3 is 0.623 bits per heavy atom. The van der Waals surface area contributed by atoms with Crippen LogP contribution in [0.2, 0.25) is 445 Å². The molecule has 0 aliphatic heterocycles. The molecule has 0 radical (unpaired) electrons. The van der Waals surface area contributed by atoms with Crippen molar-refractivity contribution in [3.8, 4) is 0 Å². The highest BCUT2D eigenvalue weighted by Gasteiger charge is 2.50. The van der Waals surface area contributed by atoms with Crippen molar-refractivity contribution < 1.29 is 61.7 Å². The highest BCUT2D eigenvalue weighted by Crippen LogP contribution is 2.51. The first kappa shape index (κ1) is 162. The summed E-state index contributed by atoms with van der Waals surface area (Å²) < 4.78 is 93.8. The standard InChI is InChI=1S/C13H28Si.C12H36O4Si5.C11H20OSi2.2C10H30O3Si4.C10H24Si.C9H26O2Si3.C8H24O2Si3.C7H18Si.C6H16Si.2CH4/c1-10(2)12-8-7-11(3)9-13(12)14(4,5)6;1-17(2,3)13-19(7,8)15-21(11,12)16-20(9,10)14-18(4,5)6;1-13(2,3)12-14(4,5)11-9-7-6-8-10-11;1-14(2,3)11-16(7,8)13-17(9,10)12-15(4,5)6;1-14(2,3)11-17(10,12-15(4,5)6)13-16(7,8)9;1-9(2,3)11(7,8)10(4,5)6;1-9-14(8,10-12(2,3)4)11-13(5,6)7;1-11(2,3)9-13(7,8)10-12(4,5)6;1-7(2,3)8(4,5)6;1-5-7(3,4)6-2;;/h10-13H,7-9H2,1-6H3;1-12H3;6-10H,1-5H3;2*1-10H3;1-8H3;9H2,1-8H3;1-8H3;1-6H3;5-6H2,1-4H3;2*1H4/t11-,12+,13-;;;;;;;;;;;/m1.........../s1. The van der Waals surface area contributed by atoms with Gasteiger partial charge in [-0.2, -0.15) is 0 Å². The van der Waals surface area contributed by atoms with Crippen molar-refractivity contribution in [2.24, 2.45) is 17.8 Å². The zero-order valence-electron chi connectivity index (χ0n) is 107. The average molecular weight is 2380 g/mol. The van der Waals surface area contributed by atoms with Crippen LogP contribution in [0.15, 0.2) is 30.3 Å². The molecule has 1 saturated carbocycles. The monoisotopic (exact) mass is 2380 g/mol. The minimum absolute atomic E-state index is 0. The lowest BCUT2D eigenvalue weighted by atomic mass is 9.77. The highest BCUT2D eigenvalue weighted by molar-refractivity contribution is 6.95. The fourth-order valence-corrected chi connectivity index (χ4v) is 109. The molecule has 15 nitrogen and oxygen atoms in total. The quantitative estimate of drug-likeness (QED) is 0.0589. The van der Waals surface area contributed by atoms with E-state index < -0.39 is 209 Å². The molecule has 0 N–H and O–H groups in total. The minimum atomic E-state index is -2.47. The SMILES string of the molecule is C.C.CC(C)(C)[Si](C)(C)C.CC(C)(C)[Si](C)(C)C(C)(C)C.CC(C)[C@@H]1CC[C@@H](C)C[C@H]1[Si](C)(C)C.CC[Si](C)(C)CC.CC[Si](C)(O[Si](C)(C)C)O[Si](C)(C)C.C[Si](C)(C)O[Si](C)(C)O[Si](C)(C)C.C[Si](C)(C)O[Si](C)(C)O[Si](C)(C)O[Si](C)(C)C.C[Si](C)(C)O[Si](C)(C)O[Si](C)(C)O[Si](C)(C)O[Si](C)(C)C.C[Si](C)(C)O[Si](C)(C)c1ccccc1.C[Si](C)(C)O[Si](C)(O[Si](C)(C)C)O[Si](C)(C)C. The van der Waals surface area contributed by atoms with Crippen molar-refractivity contribution in [1.29, 1.82) is 0 Å². The van der Waals surface area contributed by atoms with Gasteiger partial charge in [0.1, 0.15) is 0 Å². The maximum atomic E-state index is 6.39. The van der Waals surface area contributed by atoms with Crippen LogP contribution in [0.4, 0.5) is 0 Å². The molecule has 138 heavy (non-hydrogen) atoms. The summed E-state index contributed by atoms with van der Waals surface area (Å²) in [4.78, 5) is 0. The van der Waals surface area contributed by atoms with E-state index in [4.69, 9.17) is 61.7 Å². The van der Waals surface area contributed by atoms with Gasteiger partial charge in [-0.25, -0.2) is 0 Å². The fraction of sp³-hybridized carbons (Fsp3) is 0.939. The third-order valence-corrected chi connectivity index (χ3v) is 107. The second-order valence-corrected chi connectivity index (χ2v) is 172. The Balaban J connectivity index is -0.000000166. The van der Waals surface area contributed by atoms with Crippen molar-refractivity contribution in [2.45, 2.75) is 583 Å². The number of rotatable bonds is 36. The van der Waals surface area contributed by atoms with Gasteiger partial charge in [-0.1, -0.05) is 233 Å². The lowest BCUT2D eigenvalue weighted by Crippen LogP contribution is -2.58. The van der Waals surface area contributed by atoms with E-state index in [1.54, 1.807) is 0 Å². The van der Waals surface area contributed by atoms with E-state index in [0.29, 0.717) is 15.1 Å². The molecule has 1 aromatic carbocycles. The van der Waals surface area contributed by atoms with Gasteiger partial charge in [0.25, 0.3) is 0 Å². The van der Waals surface area contributed by atoms with Crippen molar-refractivity contribution in [2.75, 3.05) is 0 Å². The van der Waals surface area contributed by atoms with Crippen LogP contribution in [0.1, 0.15) is 138 Å². The Morgan fingerprint density at radius 2 is 0.471 bits per heavy atom. The normalized spacial score (nSPS) is 16.5. The van der Waals surface area contributed by atoms with E-state index in [2.05, 4.69) is 540 Å². The van der Waals surface area contributed by atoms with Gasteiger partial charge in [-0.15, -0.1) is 0 Å². The summed E-state index contributed by atoms with van der Waals surface area (Å²) >= 11 is 0. The molecule has 842 valence electrons. The van der Waals surface area contributed by atoms with E-state index in [9.17, 15) is 0 Å². The molecule has 0 bridgehead atoms. The van der Waals surface area contributed by atoms with E-state index >= 15 is 0 Å². The zero-order chi connectivity index (χ0) is 112. The first-order valence-electron chi connectivity index (χ1n) is 52.5. The maximum Gasteiger partial charge on any atom is 0.466 e. The Hall–Kier alpha value is 4.04. The molecule has 0 unspecified atom stereocenters. The molecule has 1 aromatic rings. The van der Waals surface area contributed by atoms with Gasteiger partial charge in [-0.05, 0) is 396 Å². The topological polar surface area (TPSA) is 138 Å². The van der Waals surface area contributed by atoms with Crippen LogP contribution in [-0.4, -0.2) is 209 Å². The van der Waals surface area contributed by atoms with Gasteiger partial charge in [-0.3, -0.25) is 0 Å². The van der Waals surface area contributed by atoms with Crippen molar-refractivity contribution in [1.82, 2.24) is 0 Å². The van der Waals surface area contributed by atoms with Crippen molar-refractivity contribution in [3.05, 3.63) is 30.3 Å². The summed E-state index contributed by atoms with van der Waals surface area (Å²) in [6.45, 7) is 174. The molecule has 0 spiro atoms. The summed E-state index contributed by atoms with van der Waals surface area (Å²) in [6, 6.07) is 14.5. The van der Waals surface area contributed by atoms with E-state index in [1.807, 2.05) is 0 Å². The van der Waals surface area contributed by atoms with Crippen molar-refractivity contribution in [3.63, 3.8) is 0 Å². The van der Waals surface area contributed by atoms with Crippen LogP contribution in [0.5, 0.6) is 0 Å².